The van der Waals surface area contributed by atoms with E-state index in [0.29, 0.717) is 0 Å². The van der Waals surface area contributed by atoms with Crippen LogP contribution in [-0.4, -0.2) is 30.5 Å². The molecule has 1 aromatic rings. The Bertz CT molecular complexity index is 395. The number of carbonyl (C=O) groups excluding carboxylic acids is 1. The summed E-state index contributed by atoms with van der Waals surface area (Å²) >= 11 is 1.54. The van der Waals surface area contributed by atoms with Crippen LogP contribution in [0.2, 0.25) is 0 Å². The van der Waals surface area contributed by atoms with Crippen molar-refractivity contribution in [3.05, 3.63) is 10.6 Å². The van der Waals surface area contributed by atoms with Crippen LogP contribution in [0, 0.1) is 0 Å². The number of nitrogens with zero attached hydrogens (tertiary/aromatic N) is 2. The average Bonchev–Trinajstić information content (AvgIpc) is 2.86. The maximum absolute atomic E-state index is 11.6. The number of thiazole rings is 1. The first-order chi connectivity index (χ1) is 7.34. The normalized spacial score (nSPS) is 20.3. The van der Waals surface area contributed by atoms with Crippen LogP contribution >= 0.6 is 11.3 Å². The van der Waals surface area contributed by atoms with Crippen molar-refractivity contribution in [2.45, 2.75) is 19.3 Å². The third kappa shape index (κ3) is 1.51. The Kier molecular flexibility index (Phi) is 2.12. The van der Waals surface area contributed by atoms with E-state index in [9.17, 15) is 4.79 Å². The van der Waals surface area contributed by atoms with Crippen LogP contribution in [0.1, 0.15) is 28.2 Å². The number of rotatable bonds is 1. The molecule has 3 rings (SSSR count). The van der Waals surface area contributed by atoms with Crippen molar-refractivity contribution in [2.75, 3.05) is 24.5 Å². The third-order valence-electron chi connectivity index (χ3n) is 2.92. The third-order valence-corrected chi connectivity index (χ3v) is 4.07. The van der Waals surface area contributed by atoms with Crippen LogP contribution in [0.15, 0.2) is 0 Å². The minimum Gasteiger partial charge on any atom is -0.351 e. The SMILES string of the molecule is O=C1NCCc2nc(N3CCCC3)sc21. The molecule has 0 bridgehead atoms. The second kappa shape index (κ2) is 3.48. The van der Waals surface area contributed by atoms with Gasteiger partial charge in [0.15, 0.2) is 5.13 Å². The Hall–Kier alpha value is -1.10. The molecule has 5 heteroatoms. The Balaban J connectivity index is 1.94. The number of carbonyl (C=O) groups is 1. The van der Waals surface area contributed by atoms with E-state index in [4.69, 9.17) is 0 Å². The molecule has 0 saturated carbocycles. The van der Waals surface area contributed by atoms with Crippen molar-refractivity contribution >= 4 is 22.4 Å². The number of aromatic nitrogens is 1. The fourth-order valence-corrected chi connectivity index (χ4v) is 3.18. The van der Waals surface area contributed by atoms with Gasteiger partial charge < -0.3 is 10.2 Å². The van der Waals surface area contributed by atoms with E-state index in [1.54, 1.807) is 11.3 Å². The number of anilines is 1. The smallest absolute Gasteiger partial charge is 0.263 e. The topological polar surface area (TPSA) is 45.2 Å². The first kappa shape index (κ1) is 9.15. The molecule has 0 aliphatic carbocycles. The Morgan fingerprint density at radius 3 is 2.87 bits per heavy atom. The monoisotopic (exact) mass is 223 g/mol. The Morgan fingerprint density at radius 1 is 1.33 bits per heavy atom. The van der Waals surface area contributed by atoms with Gasteiger partial charge in [-0.2, -0.15) is 0 Å². The highest BCUT2D eigenvalue weighted by molar-refractivity contribution is 7.17. The standard InChI is InChI=1S/C10H13N3OS/c14-9-8-7(3-4-11-9)12-10(15-8)13-5-1-2-6-13/h1-6H2,(H,11,14). The van der Waals surface area contributed by atoms with Crippen molar-refractivity contribution in [1.82, 2.24) is 10.3 Å². The van der Waals surface area contributed by atoms with E-state index < -0.39 is 0 Å². The minimum absolute atomic E-state index is 0.0548. The van der Waals surface area contributed by atoms with Crippen LogP contribution < -0.4 is 10.2 Å². The summed E-state index contributed by atoms with van der Waals surface area (Å²) in [7, 11) is 0. The fraction of sp³-hybridized carbons (Fsp3) is 0.600. The van der Waals surface area contributed by atoms with Crippen LogP contribution in [0.3, 0.4) is 0 Å². The van der Waals surface area contributed by atoms with Gasteiger partial charge in [0.1, 0.15) is 4.88 Å². The van der Waals surface area contributed by atoms with Gasteiger partial charge in [-0.15, -0.1) is 0 Å². The number of hydrogen-bond acceptors (Lipinski definition) is 4. The first-order valence-electron chi connectivity index (χ1n) is 5.37. The number of fused-ring (bicyclic) bond motifs is 1. The summed E-state index contributed by atoms with van der Waals surface area (Å²) in [6.45, 7) is 2.91. The van der Waals surface area contributed by atoms with E-state index in [1.807, 2.05) is 0 Å². The van der Waals surface area contributed by atoms with Gasteiger partial charge in [-0.3, -0.25) is 4.79 Å². The highest BCUT2D eigenvalue weighted by atomic mass is 32.1. The van der Waals surface area contributed by atoms with Crippen LogP contribution in [0.5, 0.6) is 0 Å². The molecular formula is C10H13N3OS. The summed E-state index contributed by atoms with van der Waals surface area (Å²) in [6, 6.07) is 0. The van der Waals surface area contributed by atoms with Gasteiger partial charge in [-0.25, -0.2) is 4.98 Å². The number of hydrogen-bond donors (Lipinski definition) is 1. The van der Waals surface area contributed by atoms with Gasteiger partial charge in [0.2, 0.25) is 0 Å². The zero-order valence-electron chi connectivity index (χ0n) is 8.45. The zero-order chi connectivity index (χ0) is 10.3. The first-order valence-corrected chi connectivity index (χ1v) is 6.19. The highest BCUT2D eigenvalue weighted by Crippen LogP contribution is 2.30. The maximum Gasteiger partial charge on any atom is 0.263 e. The second-order valence-electron chi connectivity index (χ2n) is 3.97. The molecule has 80 valence electrons. The van der Waals surface area contributed by atoms with Gasteiger partial charge >= 0.3 is 0 Å². The van der Waals surface area contributed by atoms with Crippen molar-refractivity contribution in [3.63, 3.8) is 0 Å². The van der Waals surface area contributed by atoms with Gasteiger partial charge in [0.05, 0.1) is 5.69 Å². The van der Waals surface area contributed by atoms with Gasteiger partial charge in [0, 0.05) is 26.1 Å². The molecule has 1 N–H and O–H groups in total. The molecule has 1 amide bonds. The van der Waals surface area contributed by atoms with Gasteiger partial charge in [0.25, 0.3) is 5.91 Å². The summed E-state index contributed by atoms with van der Waals surface area (Å²) in [6.07, 6.45) is 3.37. The molecule has 0 radical (unpaired) electrons. The van der Waals surface area contributed by atoms with Gasteiger partial charge in [-0.1, -0.05) is 11.3 Å². The molecule has 15 heavy (non-hydrogen) atoms. The van der Waals surface area contributed by atoms with Crippen molar-refractivity contribution in [1.29, 1.82) is 0 Å². The van der Waals surface area contributed by atoms with E-state index in [-0.39, 0.29) is 5.91 Å². The Morgan fingerprint density at radius 2 is 2.13 bits per heavy atom. The van der Waals surface area contributed by atoms with Crippen molar-refractivity contribution in [2.24, 2.45) is 0 Å². The predicted molar refractivity (Wildman–Crippen MR) is 59.6 cm³/mol. The molecule has 0 unspecified atom stereocenters. The van der Waals surface area contributed by atoms with E-state index >= 15 is 0 Å². The molecule has 1 aromatic heterocycles. The molecule has 2 aliphatic rings. The zero-order valence-corrected chi connectivity index (χ0v) is 9.27. The number of amides is 1. The quantitative estimate of drug-likeness (QED) is 0.773. The fourth-order valence-electron chi connectivity index (χ4n) is 2.10. The molecule has 4 nitrogen and oxygen atoms in total. The van der Waals surface area contributed by atoms with E-state index in [1.165, 1.54) is 12.8 Å². The molecule has 2 aliphatic heterocycles. The van der Waals surface area contributed by atoms with Gasteiger partial charge in [-0.05, 0) is 12.8 Å². The van der Waals surface area contributed by atoms with E-state index in [0.717, 1.165) is 41.8 Å². The predicted octanol–water partition coefficient (Wildman–Crippen LogP) is 1.03. The summed E-state index contributed by atoms with van der Waals surface area (Å²) in [5.41, 5.74) is 0.991. The van der Waals surface area contributed by atoms with Crippen LogP contribution in [0.4, 0.5) is 5.13 Å². The van der Waals surface area contributed by atoms with E-state index in [2.05, 4.69) is 15.2 Å². The van der Waals surface area contributed by atoms with Crippen molar-refractivity contribution < 1.29 is 4.79 Å². The highest BCUT2D eigenvalue weighted by Gasteiger charge is 2.24. The minimum atomic E-state index is 0.0548. The van der Waals surface area contributed by atoms with Crippen LogP contribution in [0.25, 0.3) is 0 Å². The average molecular weight is 223 g/mol. The lowest BCUT2D eigenvalue weighted by Gasteiger charge is -2.11. The largest absolute Gasteiger partial charge is 0.351 e. The lowest BCUT2D eigenvalue weighted by molar-refractivity contribution is 0.0950. The number of nitrogens with one attached hydrogen (secondary N) is 1. The maximum atomic E-state index is 11.6. The summed E-state index contributed by atoms with van der Waals surface area (Å²) in [4.78, 5) is 19.2. The second-order valence-corrected chi connectivity index (χ2v) is 4.95. The summed E-state index contributed by atoms with van der Waals surface area (Å²) < 4.78 is 0. The lowest BCUT2D eigenvalue weighted by atomic mass is 10.2. The van der Waals surface area contributed by atoms with Crippen LogP contribution in [-0.2, 0) is 6.42 Å². The molecule has 0 atom stereocenters. The van der Waals surface area contributed by atoms with Crippen molar-refractivity contribution in [3.8, 4) is 0 Å². The lowest BCUT2D eigenvalue weighted by Crippen LogP contribution is -2.30. The molecule has 1 saturated heterocycles. The molecule has 3 heterocycles. The molecule has 0 aromatic carbocycles. The summed E-state index contributed by atoms with van der Waals surface area (Å²) in [5, 5.41) is 3.89. The molecular weight excluding hydrogens is 210 g/mol. The molecule has 1 fully saturated rings. The summed E-state index contributed by atoms with van der Waals surface area (Å²) in [5.74, 6) is 0.0548. The molecule has 0 spiro atoms. The Labute approximate surface area is 92.3 Å².